The van der Waals surface area contributed by atoms with E-state index in [0.29, 0.717) is 0 Å². The first-order valence-electron chi connectivity index (χ1n) is 8.54. The molecule has 2 aromatic rings. The number of hydrogen-bond donors (Lipinski definition) is 1. The quantitative estimate of drug-likeness (QED) is 0.747. The van der Waals surface area contributed by atoms with E-state index in [0.717, 1.165) is 17.5 Å². The molecule has 1 atom stereocenters. The molecule has 0 radical (unpaired) electrons. The van der Waals surface area contributed by atoms with Crippen LogP contribution in [0.1, 0.15) is 56.8 Å². The van der Waals surface area contributed by atoms with Gasteiger partial charge in [0.1, 0.15) is 0 Å². The molecule has 1 N–H and O–H groups in total. The van der Waals surface area contributed by atoms with Crippen molar-refractivity contribution >= 4 is 12.0 Å². The maximum atomic E-state index is 12.2. The van der Waals surface area contributed by atoms with E-state index in [9.17, 15) is 4.79 Å². The number of hydrogen-bond acceptors (Lipinski definition) is 1. The molecule has 0 heterocycles. The zero-order valence-electron chi connectivity index (χ0n) is 15.0. The fraction of sp³-hybridized carbons (Fsp3) is 0.318. The molecule has 0 aliphatic rings. The van der Waals surface area contributed by atoms with Gasteiger partial charge in [-0.15, -0.1) is 0 Å². The lowest BCUT2D eigenvalue weighted by Gasteiger charge is -2.18. The molecule has 0 fully saturated rings. The van der Waals surface area contributed by atoms with Crippen LogP contribution in [0.4, 0.5) is 0 Å². The summed E-state index contributed by atoms with van der Waals surface area (Å²) in [6, 6.07) is 18.5. The molecule has 2 heteroatoms. The molecular formula is C22H27NO. The van der Waals surface area contributed by atoms with Gasteiger partial charge < -0.3 is 5.32 Å². The number of nitrogens with one attached hydrogen (secondary N) is 1. The molecule has 0 saturated carbocycles. The Balaban J connectivity index is 1.99. The third-order valence-corrected chi connectivity index (χ3v) is 4.13. The van der Waals surface area contributed by atoms with Crippen molar-refractivity contribution in [2.45, 2.75) is 45.6 Å². The van der Waals surface area contributed by atoms with E-state index in [4.69, 9.17) is 0 Å². The zero-order valence-corrected chi connectivity index (χ0v) is 15.0. The van der Waals surface area contributed by atoms with Crippen LogP contribution in [0.3, 0.4) is 0 Å². The van der Waals surface area contributed by atoms with Gasteiger partial charge in [0.2, 0.25) is 5.91 Å². The molecule has 0 aromatic heterocycles. The summed E-state index contributed by atoms with van der Waals surface area (Å²) in [7, 11) is 0. The van der Waals surface area contributed by atoms with Crippen molar-refractivity contribution in [3.05, 3.63) is 77.4 Å². The number of carbonyl (C=O) groups excluding carboxylic acids is 1. The fourth-order valence-corrected chi connectivity index (χ4v) is 2.59. The van der Waals surface area contributed by atoms with E-state index in [1.165, 1.54) is 5.56 Å². The number of benzene rings is 2. The van der Waals surface area contributed by atoms with Crippen LogP contribution < -0.4 is 5.32 Å². The standard InChI is InChI=1S/C22H27NO/c1-5-20(18-9-7-6-8-10-18)23-21(24)16-13-17-11-14-19(15-12-17)22(2,3)4/h6-16,20H,5H2,1-4H3,(H,23,24)/b16-13+/t20-/m1/s1. The first-order chi connectivity index (χ1) is 11.4. The van der Waals surface area contributed by atoms with E-state index < -0.39 is 0 Å². The largest absolute Gasteiger partial charge is 0.346 e. The molecule has 0 unspecified atom stereocenters. The highest BCUT2D eigenvalue weighted by molar-refractivity contribution is 5.92. The van der Waals surface area contributed by atoms with Gasteiger partial charge in [0.25, 0.3) is 0 Å². The van der Waals surface area contributed by atoms with Crippen molar-refractivity contribution in [2.75, 3.05) is 0 Å². The highest BCUT2D eigenvalue weighted by Crippen LogP contribution is 2.22. The zero-order chi connectivity index (χ0) is 17.6. The first kappa shape index (κ1) is 18.0. The van der Waals surface area contributed by atoms with Crippen molar-refractivity contribution < 1.29 is 4.79 Å². The summed E-state index contributed by atoms with van der Waals surface area (Å²) in [5.41, 5.74) is 3.60. The molecule has 2 aromatic carbocycles. The van der Waals surface area contributed by atoms with Gasteiger partial charge >= 0.3 is 0 Å². The smallest absolute Gasteiger partial charge is 0.244 e. The summed E-state index contributed by atoms with van der Waals surface area (Å²) in [5, 5.41) is 3.06. The van der Waals surface area contributed by atoms with Gasteiger partial charge in [-0.25, -0.2) is 0 Å². The molecule has 1 amide bonds. The minimum Gasteiger partial charge on any atom is -0.346 e. The highest BCUT2D eigenvalue weighted by Gasteiger charge is 2.13. The predicted octanol–water partition coefficient (Wildman–Crippen LogP) is 5.26. The Morgan fingerprint density at radius 2 is 1.67 bits per heavy atom. The second-order valence-corrected chi connectivity index (χ2v) is 7.09. The lowest BCUT2D eigenvalue weighted by Crippen LogP contribution is -2.26. The molecule has 0 bridgehead atoms. The SMILES string of the molecule is CC[C@@H](NC(=O)/C=C/c1ccc(C(C)(C)C)cc1)c1ccccc1. The Morgan fingerprint density at radius 1 is 1.04 bits per heavy atom. The molecule has 2 rings (SSSR count). The van der Waals surface area contributed by atoms with Crippen LogP contribution in [0.25, 0.3) is 6.08 Å². The lowest BCUT2D eigenvalue weighted by molar-refractivity contribution is -0.117. The van der Waals surface area contributed by atoms with Crippen LogP contribution in [0, 0.1) is 0 Å². The van der Waals surface area contributed by atoms with Crippen LogP contribution in [0.2, 0.25) is 0 Å². The van der Waals surface area contributed by atoms with Crippen molar-refractivity contribution in [1.82, 2.24) is 5.32 Å². The lowest BCUT2D eigenvalue weighted by atomic mass is 9.87. The summed E-state index contributed by atoms with van der Waals surface area (Å²) in [5.74, 6) is -0.0643. The molecule has 2 nitrogen and oxygen atoms in total. The number of rotatable bonds is 5. The topological polar surface area (TPSA) is 29.1 Å². The molecule has 0 aliphatic carbocycles. The maximum absolute atomic E-state index is 12.2. The van der Waals surface area contributed by atoms with Crippen molar-refractivity contribution in [3.63, 3.8) is 0 Å². The second-order valence-electron chi connectivity index (χ2n) is 7.09. The Labute approximate surface area is 145 Å². The molecule has 0 aliphatic heterocycles. The first-order valence-corrected chi connectivity index (χ1v) is 8.54. The molecular weight excluding hydrogens is 294 g/mol. The van der Waals surface area contributed by atoms with Gasteiger partial charge in [-0.1, -0.05) is 82.3 Å². The Morgan fingerprint density at radius 3 is 2.21 bits per heavy atom. The number of amides is 1. The number of carbonyl (C=O) groups is 1. The normalized spacial score (nSPS) is 13.0. The van der Waals surface area contributed by atoms with Crippen LogP contribution in [0.5, 0.6) is 0 Å². The molecule has 126 valence electrons. The second kappa shape index (κ2) is 7.96. The summed E-state index contributed by atoms with van der Waals surface area (Å²) >= 11 is 0. The van der Waals surface area contributed by atoms with E-state index in [1.54, 1.807) is 6.08 Å². The van der Waals surface area contributed by atoms with E-state index in [2.05, 4.69) is 57.3 Å². The Kier molecular flexibility index (Phi) is 5.97. The molecule has 0 spiro atoms. The average Bonchev–Trinajstić information content (AvgIpc) is 2.58. The van der Waals surface area contributed by atoms with Crippen LogP contribution >= 0.6 is 0 Å². The van der Waals surface area contributed by atoms with E-state index in [1.807, 2.05) is 36.4 Å². The summed E-state index contributed by atoms with van der Waals surface area (Å²) in [6.45, 7) is 8.66. The van der Waals surface area contributed by atoms with Gasteiger partial charge in [-0.3, -0.25) is 4.79 Å². The third kappa shape index (κ3) is 5.09. The van der Waals surface area contributed by atoms with Crippen molar-refractivity contribution in [3.8, 4) is 0 Å². The minimum absolute atomic E-state index is 0.0478. The van der Waals surface area contributed by atoms with Crippen LogP contribution in [-0.2, 0) is 10.2 Å². The monoisotopic (exact) mass is 321 g/mol. The average molecular weight is 321 g/mol. The van der Waals surface area contributed by atoms with E-state index in [-0.39, 0.29) is 17.4 Å². The van der Waals surface area contributed by atoms with Crippen LogP contribution in [0.15, 0.2) is 60.7 Å². The van der Waals surface area contributed by atoms with Crippen molar-refractivity contribution in [2.24, 2.45) is 0 Å². The summed E-state index contributed by atoms with van der Waals surface area (Å²) in [6.07, 6.45) is 4.33. The summed E-state index contributed by atoms with van der Waals surface area (Å²) in [4.78, 5) is 12.2. The van der Waals surface area contributed by atoms with Gasteiger partial charge in [0.05, 0.1) is 6.04 Å². The maximum Gasteiger partial charge on any atom is 0.244 e. The van der Waals surface area contributed by atoms with Gasteiger partial charge in [0, 0.05) is 6.08 Å². The van der Waals surface area contributed by atoms with Crippen molar-refractivity contribution in [1.29, 1.82) is 0 Å². The van der Waals surface area contributed by atoms with Gasteiger partial charge in [-0.05, 0) is 34.6 Å². The summed E-state index contributed by atoms with van der Waals surface area (Å²) < 4.78 is 0. The third-order valence-electron chi connectivity index (χ3n) is 4.13. The van der Waals surface area contributed by atoms with Crippen LogP contribution in [-0.4, -0.2) is 5.91 Å². The van der Waals surface area contributed by atoms with Gasteiger partial charge in [0.15, 0.2) is 0 Å². The fourth-order valence-electron chi connectivity index (χ4n) is 2.59. The Hall–Kier alpha value is -2.35. The van der Waals surface area contributed by atoms with Gasteiger partial charge in [-0.2, -0.15) is 0 Å². The highest BCUT2D eigenvalue weighted by atomic mass is 16.1. The Bertz CT molecular complexity index is 678. The minimum atomic E-state index is -0.0643. The van der Waals surface area contributed by atoms with E-state index >= 15 is 0 Å². The molecule has 24 heavy (non-hydrogen) atoms. The molecule has 0 saturated heterocycles. The predicted molar refractivity (Wildman–Crippen MR) is 102 cm³/mol.